The average Bonchev–Trinajstić information content (AvgIpc) is 3.08. The molecule has 0 amide bonds. The highest BCUT2D eigenvalue weighted by atomic mass is 32.2. The molecule has 0 N–H and O–H groups in total. The van der Waals surface area contributed by atoms with Gasteiger partial charge in [0.2, 0.25) is 0 Å². The second-order valence-corrected chi connectivity index (χ2v) is 5.84. The van der Waals surface area contributed by atoms with Crippen LogP contribution in [0.4, 0.5) is 8.78 Å². The van der Waals surface area contributed by atoms with E-state index in [0.717, 1.165) is 17.8 Å². The molecule has 1 heterocycles. The van der Waals surface area contributed by atoms with Gasteiger partial charge >= 0.3 is 0 Å². The van der Waals surface area contributed by atoms with Crippen molar-refractivity contribution in [2.75, 3.05) is 12.9 Å². The van der Waals surface area contributed by atoms with E-state index in [1.165, 1.54) is 31.4 Å². The van der Waals surface area contributed by atoms with Gasteiger partial charge in [-0.2, -0.15) is 0 Å². The molecule has 0 aliphatic carbocycles. The molecule has 8 heteroatoms. The fourth-order valence-corrected chi connectivity index (χ4v) is 2.72. The first kappa shape index (κ1) is 17.1. The Balaban J connectivity index is 1.67. The third-order valence-electron chi connectivity index (χ3n) is 3.31. The summed E-state index contributed by atoms with van der Waals surface area (Å²) in [4.78, 5) is 12.1. The van der Waals surface area contributed by atoms with Crippen LogP contribution in [0.15, 0.2) is 52.1 Å². The van der Waals surface area contributed by atoms with Crippen LogP contribution in [0.25, 0.3) is 11.5 Å². The van der Waals surface area contributed by atoms with E-state index in [9.17, 15) is 13.6 Å². The number of hydrogen-bond donors (Lipinski definition) is 0. The lowest BCUT2D eigenvalue weighted by molar-refractivity contribution is 0.102. The molecule has 3 rings (SSSR count). The van der Waals surface area contributed by atoms with Crippen molar-refractivity contribution in [2.24, 2.45) is 0 Å². The number of carbonyl (C=O) groups excluding carboxylic acids is 1. The van der Waals surface area contributed by atoms with Gasteiger partial charge < -0.3 is 9.15 Å². The summed E-state index contributed by atoms with van der Waals surface area (Å²) in [5.41, 5.74) is 0.394. The first-order valence-electron chi connectivity index (χ1n) is 7.16. The van der Waals surface area contributed by atoms with Gasteiger partial charge in [0.25, 0.3) is 11.1 Å². The molecule has 0 unspecified atom stereocenters. The third-order valence-corrected chi connectivity index (χ3v) is 4.13. The molecule has 0 aliphatic rings. The molecule has 5 nitrogen and oxygen atoms in total. The van der Waals surface area contributed by atoms with E-state index in [4.69, 9.17) is 9.15 Å². The molecule has 3 aromatic rings. The molecular weight excluding hydrogens is 350 g/mol. The SMILES string of the molecule is COc1ccc(C(=O)CSc2nnc(-c3ccccc3F)o2)cc1F. The number of benzene rings is 2. The highest BCUT2D eigenvalue weighted by molar-refractivity contribution is 7.99. The topological polar surface area (TPSA) is 65.2 Å². The fraction of sp³-hybridized carbons (Fsp3) is 0.118. The highest BCUT2D eigenvalue weighted by Gasteiger charge is 2.15. The Hall–Kier alpha value is -2.74. The summed E-state index contributed by atoms with van der Waals surface area (Å²) in [6.45, 7) is 0. The van der Waals surface area contributed by atoms with Crippen LogP contribution < -0.4 is 4.74 Å². The molecule has 0 aliphatic heterocycles. The first-order chi connectivity index (χ1) is 12.1. The van der Waals surface area contributed by atoms with Crippen LogP contribution in [0.2, 0.25) is 0 Å². The Morgan fingerprint density at radius 1 is 1.16 bits per heavy atom. The Kier molecular flexibility index (Phi) is 5.08. The smallest absolute Gasteiger partial charge is 0.277 e. The van der Waals surface area contributed by atoms with Gasteiger partial charge in [0, 0.05) is 5.56 Å². The van der Waals surface area contributed by atoms with Gasteiger partial charge in [0.1, 0.15) is 5.82 Å². The summed E-state index contributed by atoms with van der Waals surface area (Å²) in [7, 11) is 1.35. The zero-order valence-electron chi connectivity index (χ0n) is 13.0. The summed E-state index contributed by atoms with van der Waals surface area (Å²) >= 11 is 0.995. The minimum atomic E-state index is -0.613. The maximum atomic E-state index is 13.7. The van der Waals surface area contributed by atoms with E-state index < -0.39 is 11.6 Å². The number of thioether (sulfide) groups is 1. The number of methoxy groups -OCH3 is 1. The summed E-state index contributed by atoms with van der Waals surface area (Å²) in [6, 6.07) is 9.98. The largest absolute Gasteiger partial charge is 0.494 e. The van der Waals surface area contributed by atoms with E-state index in [2.05, 4.69) is 10.2 Å². The van der Waals surface area contributed by atoms with Crippen molar-refractivity contribution in [1.29, 1.82) is 0 Å². The number of halogens is 2. The standard InChI is InChI=1S/C17H12F2N2O3S/c1-23-15-7-6-10(8-13(15)19)14(22)9-25-17-21-20-16(24-17)11-4-2-3-5-12(11)18/h2-8H,9H2,1H3. The predicted molar refractivity (Wildman–Crippen MR) is 87.7 cm³/mol. The van der Waals surface area contributed by atoms with Crippen molar-refractivity contribution in [1.82, 2.24) is 10.2 Å². The van der Waals surface area contributed by atoms with Crippen LogP contribution in [0.5, 0.6) is 5.75 Å². The summed E-state index contributed by atoms with van der Waals surface area (Å²) in [5.74, 6) is -1.33. The monoisotopic (exact) mass is 362 g/mol. The molecule has 0 radical (unpaired) electrons. The number of aromatic nitrogens is 2. The van der Waals surface area contributed by atoms with Crippen molar-refractivity contribution in [3.05, 3.63) is 59.7 Å². The van der Waals surface area contributed by atoms with E-state index in [0.29, 0.717) is 0 Å². The number of Topliss-reactive ketones (excluding diaryl/α,β-unsaturated/α-hetero) is 1. The number of hydrogen-bond acceptors (Lipinski definition) is 6. The van der Waals surface area contributed by atoms with Gasteiger partial charge in [-0.25, -0.2) is 8.78 Å². The molecular formula is C17H12F2N2O3S. The molecule has 0 saturated heterocycles. The second kappa shape index (κ2) is 7.43. The van der Waals surface area contributed by atoms with Gasteiger partial charge in [-0.15, -0.1) is 10.2 Å². The Morgan fingerprint density at radius 3 is 2.68 bits per heavy atom. The van der Waals surface area contributed by atoms with Crippen LogP contribution in [0.1, 0.15) is 10.4 Å². The lowest BCUT2D eigenvalue weighted by Gasteiger charge is -2.03. The Labute approximate surface area is 146 Å². The molecule has 1 aromatic heterocycles. The number of carbonyl (C=O) groups is 1. The maximum absolute atomic E-state index is 13.7. The third kappa shape index (κ3) is 3.85. The van der Waals surface area contributed by atoms with Crippen LogP contribution in [-0.4, -0.2) is 28.8 Å². The quantitative estimate of drug-likeness (QED) is 0.488. The van der Waals surface area contributed by atoms with Crippen molar-refractivity contribution in [2.45, 2.75) is 5.22 Å². The van der Waals surface area contributed by atoms with Crippen LogP contribution in [0, 0.1) is 11.6 Å². The molecule has 0 spiro atoms. The molecule has 0 saturated carbocycles. The van der Waals surface area contributed by atoms with Crippen LogP contribution >= 0.6 is 11.8 Å². The lowest BCUT2D eigenvalue weighted by atomic mass is 10.1. The number of nitrogens with zero attached hydrogens (tertiary/aromatic N) is 2. The van der Waals surface area contributed by atoms with Crippen molar-refractivity contribution < 1.29 is 22.7 Å². The van der Waals surface area contributed by atoms with Crippen LogP contribution in [-0.2, 0) is 0 Å². The highest BCUT2D eigenvalue weighted by Crippen LogP contribution is 2.26. The normalized spacial score (nSPS) is 10.7. The van der Waals surface area contributed by atoms with E-state index in [1.807, 2.05) is 0 Å². The fourth-order valence-electron chi connectivity index (χ4n) is 2.06. The van der Waals surface area contributed by atoms with E-state index >= 15 is 0 Å². The van der Waals surface area contributed by atoms with Crippen LogP contribution in [0.3, 0.4) is 0 Å². The van der Waals surface area contributed by atoms with Gasteiger partial charge in [0.15, 0.2) is 17.3 Å². The molecule has 0 atom stereocenters. The zero-order chi connectivity index (χ0) is 17.8. The van der Waals surface area contributed by atoms with Gasteiger partial charge in [-0.3, -0.25) is 4.79 Å². The molecule has 0 bridgehead atoms. The van der Waals surface area contributed by atoms with Gasteiger partial charge in [-0.1, -0.05) is 23.9 Å². The van der Waals surface area contributed by atoms with E-state index in [-0.39, 0.29) is 39.5 Å². The molecule has 0 fully saturated rings. The second-order valence-electron chi connectivity index (χ2n) is 4.91. The molecule has 2 aromatic carbocycles. The number of ketones is 1. The Bertz CT molecular complexity index is 914. The predicted octanol–water partition coefficient (Wildman–Crippen LogP) is 4.00. The molecule has 25 heavy (non-hydrogen) atoms. The average molecular weight is 362 g/mol. The molecule has 128 valence electrons. The van der Waals surface area contributed by atoms with Crippen molar-refractivity contribution >= 4 is 17.5 Å². The van der Waals surface area contributed by atoms with Crippen molar-refractivity contribution in [3.63, 3.8) is 0 Å². The summed E-state index contributed by atoms with van der Waals surface area (Å²) in [6.07, 6.45) is 0. The lowest BCUT2D eigenvalue weighted by Crippen LogP contribution is -2.03. The summed E-state index contributed by atoms with van der Waals surface area (Å²) < 4.78 is 37.5. The maximum Gasteiger partial charge on any atom is 0.277 e. The zero-order valence-corrected chi connectivity index (χ0v) is 13.8. The van der Waals surface area contributed by atoms with Gasteiger partial charge in [0.05, 0.1) is 18.4 Å². The number of rotatable bonds is 6. The first-order valence-corrected chi connectivity index (χ1v) is 8.15. The summed E-state index contributed by atoms with van der Waals surface area (Å²) in [5, 5.41) is 7.67. The van der Waals surface area contributed by atoms with E-state index in [1.54, 1.807) is 12.1 Å². The Morgan fingerprint density at radius 2 is 1.96 bits per heavy atom. The minimum absolute atomic E-state index is 0.0231. The number of ether oxygens (including phenoxy) is 1. The van der Waals surface area contributed by atoms with Gasteiger partial charge in [-0.05, 0) is 30.3 Å². The minimum Gasteiger partial charge on any atom is -0.494 e. The van der Waals surface area contributed by atoms with Crippen molar-refractivity contribution in [3.8, 4) is 17.2 Å².